The van der Waals surface area contributed by atoms with E-state index in [-0.39, 0.29) is 60.3 Å². The van der Waals surface area contributed by atoms with Crippen molar-refractivity contribution >= 4 is 23.6 Å². The summed E-state index contributed by atoms with van der Waals surface area (Å²) in [6.45, 7) is 3.02. The highest BCUT2D eigenvalue weighted by Gasteiger charge is 2.43. The Morgan fingerprint density at radius 2 is 1.56 bits per heavy atom. The molecule has 0 radical (unpaired) electrons. The van der Waals surface area contributed by atoms with Gasteiger partial charge in [-0.05, 0) is 12.8 Å². The van der Waals surface area contributed by atoms with Gasteiger partial charge >= 0.3 is 0 Å². The van der Waals surface area contributed by atoms with Gasteiger partial charge < -0.3 is 10.2 Å². The Morgan fingerprint density at radius 3 is 1.96 bits per heavy atom. The zero-order chi connectivity index (χ0) is 17.0. The van der Waals surface area contributed by atoms with Crippen LogP contribution >= 0.6 is 0 Å². The van der Waals surface area contributed by atoms with Crippen molar-refractivity contribution in [2.24, 2.45) is 5.92 Å². The van der Waals surface area contributed by atoms with Gasteiger partial charge in [-0.3, -0.25) is 24.1 Å². The van der Waals surface area contributed by atoms with Gasteiger partial charge in [0.05, 0.1) is 6.42 Å². The minimum atomic E-state index is -1.04. The molecule has 0 spiro atoms. The number of amides is 4. The summed E-state index contributed by atoms with van der Waals surface area (Å²) >= 11 is 0. The van der Waals surface area contributed by atoms with Crippen molar-refractivity contribution in [1.29, 1.82) is 0 Å². The van der Waals surface area contributed by atoms with Crippen LogP contribution in [-0.2, 0) is 19.2 Å². The zero-order valence-electron chi connectivity index (χ0n) is 13.8. The first kappa shape index (κ1) is 29.8. The van der Waals surface area contributed by atoms with Crippen molar-refractivity contribution < 1.29 is 19.2 Å². The first-order valence-electron chi connectivity index (χ1n) is 8.31. The van der Waals surface area contributed by atoms with Crippen LogP contribution in [0.15, 0.2) is 0 Å². The number of imide groups is 1. The van der Waals surface area contributed by atoms with E-state index in [0.29, 0.717) is 13.1 Å². The Kier molecular flexibility index (Phi) is 14.7. The van der Waals surface area contributed by atoms with Gasteiger partial charge in [0.15, 0.2) is 0 Å². The maximum Gasteiger partial charge on any atom is 0.243 e. The number of nitrogens with zero attached hydrogens (tertiary/aromatic N) is 2. The number of carbonyl (C=O) groups is 4. The monoisotopic (exact) mass is 387 g/mol. The molecule has 2 aliphatic heterocycles. The van der Waals surface area contributed by atoms with Crippen molar-refractivity contribution in [2.45, 2.75) is 81.2 Å². The molecular formula is C20H41N3O4. The molecule has 2 saturated heterocycles. The van der Waals surface area contributed by atoms with Crippen LogP contribution in [0.3, 0.4) is 0 Å². The molecule has 2 rings (SSSR count). The van der Waals surface area contributed by atoms with Crippen molar-refractivity contribution in [3.63, 3.8) is 0 Å². The molecule has 1 N–H and O–H groups in total. The van der Waals surface area contributed by atoms with Crippen molar-refractivity contribution in [2.75, 3.05) is 20.1 Å². The fourth-order valence-corrected chi connectivity index (χ4v) is 3.22. The molecular weight excluding hydrogens is 346 g/mol. The highest BCUT2D eigenvalue weighted by atomic mass is 16.2. The van der Waals surface area contributed by atoms with Gasteiger partial charge in [0, 0.05) is 32.5 Å². The predicted octanol–water partition coefficient (Wildman–Crippen LogP) is 2.83. The van der Waals surface area contributed by atoms with E-state index in [1.807, 2.05) is 0 Å². The predicted molar refractivity (Wildman–Crippen MR) is 110 cm³/mol. The number of likely N-dealkylation sites (tertiary alicyclic amines) is 2. The second-order valence-electron chi connectivity index (χ2n) is 6.34. The first-order valence-corrected chi connectivity index (χ1v) is 8.31. The molecule has 7 nitrogen and oxygen atoms in total. The normalized spacial score (nSPS) is 20.1. The average Bonchev–Trinajstić information content (AvgIpc) is 2.75. The van der Waals surface area contributed by atoms with Crippen LogP contribution in [0.5, 0.6) is 0 Å². The summed E-state index contributed by atoms with van der Waals surface area (Å²) in [7, 11) is 1.44. The SMILES string of the molecule is C.C.C.C.CNC(=O)C(CC(=O)N1CCCCCC1)N1C(=O)CC(C)C1=O. The molecule has 7 heteroatoms. The average molecular weight is 388 g/mol. The molecule has 2 unspecified atom stereocenters. The van der Waals surface area contributed by atoms with Gasteiger partial charge in [-0.15, -0.1) is 0 Å². The Bertz CT molecular complexity index is 499. The van der Waals surface area contributed by atoms with E-state index in [9.17, 15) is 19.2 Å². The Labute approximate surface area is 165 Å². The topological polar surface area (TPSA) is 86.8 Å². The molecule has 27 heavy (non-hydrogen) atoms. The van der Waals surface area contributed by atoms with E-state index in [2.05, 4.69) is 5.32 Å². The van der Waals surface area contributed by atoms with Gasteiger partial charge in [0.25, 0.3) is 0 Å². The molecule has 0 aromatic heterocycles. The van der Waals surface area contributed by atoms with E-state index in [4.69, 9.17) is 0 Å². The fraction of sp³-hybridized carbons (Fsp3) is 0.800. The highest BCUT2D eigenvalue weighted by molar-refractivity contribution is 6.07. The number of hydrogen-bond acceptors (Lipinski definition) is 4. The van der Waals surface area contributed by atoms with E-state index in [0.717, 1.165) is 30.6 Å². The third-order valence-electron chi connectivity index (χ3n) is 4.60. The van der Waals surface area contributed by atoms with Crippen LogP contribution in [0.25, 0.3) is 0 Å². The maximum atomic E-state index is 12.5. The van der Waals surface area contributed by atoms with Gasteiger partial charge in [-0.25, -0.2) is 0 Å². The van der Waals surface area contributed by atoms with Crippen LogP contribution in [0.4, 0.5) is 0 Å². The summed E-state index contributed by atoms with van der Waals surface area (Å²) in [5.74, 6) is -1.81. The molecule has 0 saturated carbocycles. The van der Waals surface area contributed by atoms with E-state index < -0.39 is 17.9 Å². The standard InChI is InChI=1S/C16H25N3O4.4CH4/c1-11-9-14(21)19(16(11)23)12(15(22)17-2)10-13(20)18-7-5-3-4-6-8-18;;;;/h11-12H,3-10H2,1-2H3,(H,17,22);4*1H4. The smallest absolute Gasteiger partial charge is 0.243 e. The van der Waals surface area contributed by atoms with Crippen LogP contribution < -0.4 is 5.32 Å². The lowest BCUT2D eigenvalue weighted by Crippen LogP contribution is -2.51. The Morgan fingerprint density at radius 1 is 1.04 bits per heavy atom. The van der Waals surface area contributed by atoms with Crippen LogP contribution in [0.2, 0.25) is 0 Å². The molecule has 2 aliphatic rings. The lowest BCUT2D eigenvalue weighted by molar-refractivity contribution is -0.149. The van der Waals surface area contributed by atoms with Gasteiger partial charge in [-0.1, -0.05) is 49.5 Å². The number of likely N-dealkylation sites (N-methyl/N-ethyl adjacent to an activating group) is 1. The number of rotatable bonds is 4. The highest BCUT2D eigenvalue weighted by Crippen LogP contribution is 2.23. The van der Waals surface area contributed by atoms with Crippen molar-refractivity contribution in [3.8, 4) is 0 Å². The lowest BCUT2D eigenvalue weighted by atomic mass is 10.1. The fourth-order valence-electron chi connectivity index (χ4n) is 3.22. The van der Waals surface area contributed by atoms with Crippen LogP contribution in [-0.4, -0.2) is 59.6 Å². The molecule has 2 atom stereocenters. The van der Waals surface area contributed by atoms with E-state index in [1.165, 1.54) is 7.05 Å². The molecule has 0 aliphatic carbocycles. The molecule has 160 valence electrons. The summed E-state index contributed by atoms with van der Waals surface area (Å²) < 4.78 is 0. The Hall–Kier alpha value is -1.92. The van der Waals surface area contributed by atoms with Gasteiger partial charge in [0.2, 0.25) is 23.6 Å². The van der Waals surface area contributed by atoms with Gasteiger partial charge in [0.1, 0.15) is 6.04 Å². The quantitative estimate of drug-likeness (QED) is 0.752. The summed E-state index contributed by atoms with van der Waals surface area (Å²) in [5.41, 5.74) is 0. The number of carbonyl (C=O) groups excluding carboxylic acids is 4. The van der Waals surface area contributed by atoms with E-state index in [1.54, 1.807) is 11.8 Å². The van der Waals surface area contributed by atoms with Crippen molar-refractivity contribution in [3.05, 3.63) is 0 Å². The van der Waals surface area contributed by atoms with Gasteiger partial charge in [-0.2, -0.15) is 0 Å². The maximum absolute atomic E-state index is 12.5. The molecule has 2 heterocycles. The molecule has 2 fully saturated rings. The van der Waals surface area contributed by atoms with Crippen LogP contribution in [0, 0.1) is 5.92 Å². The second kappa shape index (κ2) is 13.3. The van der Waals surface area contributed by atoms with Crippen LogP contribution in [0.1, 0.15) is 75.2 Å². The third kappa shape index (κ3) is 6.96. The summed E-state index contributed by atoms with van der Waals surface area (Å²) in [6.07, 6.45) is 4.07. The summed E-state index contributed by atoms with van der Waals surface area (Å²) in [4.78, 5) is 51.7. The lowest BCUT2D eigenvalue weighted by Gasteiger charge is -2.27. The summed E-state index contributed by atoms with van der Waals surface area (Å²) in [6, 6.07) is -1.04. The molecule has 0 aromatic rings. The first-order chi connectivity index (χ1) is 11.0. The van der Waals surface area contributed by atoms with Crippen molar-refractivity contribution in [1.82, 2.24) is 15.1 Å². The minimum absolute atomic E-state index is 0. The zero-order valence-corrected chi connectivity index (χ0v) is 13.8. The Balaban J connectivity index is -0.00000144. The number of hydrogen-bond donors (Lipinski definition) is 1. The minimum Gasteiger partial charge on any atom is -0.357 e. The second-order valence-corrected chi connectivity index (χ2v) is 6.34. The van der Waals surface area contributed by atoms with E-state index >= 15 is 0 Å². The molecule has 4 amide bonds. The largest absolute Gasteiger partial charge is 0.357 e. The molecule has 0 bridgehead atoms. The number of nitrogens with one attached hydrogen (secondary N) is 1. The third-order valence-corrected chi connectivity index (χ3v) is 4.60. The molecule has 0 aromatic carbocycles. The summed E-state index contributed by atoms with van der Waals surface area (Å²) in [5, 5.41) is 2.46.